The second kappa shape index (κ2) is 6.38. The normalized spacial score (nSPS) is 15.6. The van der Waals surface area contributed by atoms with E-state index in [0.717, 1.165) is 0 Å². The largest absolute Gasteiger partial charge is 0.415 e. The topological polar surface area (TPSA) is 49.6 Å². The van der Waals surface area contributed by atoms with Gasteiger partial charge >= 0.3 is 6.18 Å². The molecule has 1 atom stereocenters. The van der Waals surface area contributed by atoms with E-state index in [0.29, 0.717) is 19.9 Å². The first kappa shape index (κ1) is 17.2. The first-order valence-corrected chi connectivity index (χ1v) is 5.83. The van der Waals surface area contributed by atoms with Crippen LogP contribution in [0, 0.1) is 0 Å². The van der Waals surface area contributed by atoms with E-state index in [1.807, 2.05) is 0 Å². The average Bonchev–Trinajstić information content (AvgIpc) is 2.21. The highest BCUT2D eigenvalue weighted by molar-refractivity contribution is 5.86. The van der Waals surface area contributed by atoms with Crippen molar-refractivity contribution in [3.05, 3.63) is 0 Å². The summed E-state index contributed by atoms with van der Waals surface area (Å²) in [5.74, 6) is -1.07. The van der Waals surface area contributed by atoms with Crippen molar-refractivity contribution in [3.8, 4) is 0 Å². The number of halogens is 3. The van der Waals surface area contributed by atoms with Crippen LogP contribution < -0.4 is 5.73 Å². The molecule has 18 heavy (non-hydrogen) atoms. The lowest BCUT2D eigenvalue weighted by molar-refractivity contribution is -0.193. The van der Waals surface area contributed by atoms with E-state index < -0.39 is 17.6 Å². The van der Waals surface area contributed by atoms with Gasteiger partial charge in [-0.05, 0) is 27.4 Å². The molecule has 0 spiro atoms. The second-order valence-corrected chi connectivity index (χ2v) is 4.80. The summed E-state index contributed by atoms with van der Waals surface area (Å²) in [5.41, 5.74) is 2.32. The number of hydrogen-bond donors (Lipinski definition) is 1. The van der Waals surface area contributed by atoms with Crippen molar-refractivity contribution in [1.82, 2.24) is 9.80 Å². The lowest BCUT2D eigenvalue weighted by Gasteiger charge is -2.33. The van der Waals surface area contributed by atoms with Crippen molar-refractivity contribution in [2.75, 3.05) is 33.7 Å². The first-order valence-electron chi connectivity index (χ1n) is 5.83. The molecular formula is C11H22F3N3O. The summed E-state index contributed by atoms with van der Waals surface area (Å²) in [6, 6.07) is 0. The van der Waals surface area contributed by atoms with Gasteiger partial charge in [0.25, 0.3) is 5.91 Å². The van der Waals surface area contributed by atoms with Crippen LogP contribution in [0.5, 0.6) is 0 Å². The van der Waals surface area contributed by atoms with Gasteiger partial charge in [-0.25, -0.2) is 0 Å². The molecule has 0 aromatic heterocycles. The second-order valence-electron chi connectivity index (χ2n) is 4.80. The third kappa shape index (κ3) is 4.45. The fourth-order valence-corrected chi connectivity index (χ4v) is 1.36. The molecule has 1 amide bonds. The van der Waals surface area contributed by atoms with Crippen molar-refractivity contribution < 1.29 is 18.0 Å². The van der Waals surface area contributed by atoms with Gasteiger partial charge in [0.05, 0.1) is 0 Å². The fourth-order valence-electron chi connectivity index (χ4n) is 1.36. The SMILES string of the molecule is CCCN(CCN(C)C)C(=O)C(C)(N)C(F)(F)F. The first-order chi connectivity index (χ1) is 8.04. The Balaban J connectivity index is 4.85. The summed E-state index contributed by atoms with van der Waals surface area (Å²) in [7, 11) is 3.58. The maximum Gasteiger partial charge on any atom is 0.415 e. The van der Waals surface area contributed by atoms with E-state index in [2.05, 4.69) is 0 Å². The maximum atomic E-state index is 12.7. The Morgan fingerprint density at radius 3 is 2.00 bits per heavy atom. The van der Waals surface area contributed by atoms with E-state index in [4.69, 9.17) is 5.73 Å². The molecule has 0 saturated heterocycles. The molecule has 0 rings (SSSR count). The van der Waals surface area contributed by atoms with Gasteiger partial charge < -0.3 is 15.5 Å². The number of likely N-dealkylation sites (N-methyl/N-ethyl adjacent to an activating group) is 1. The predicted octanol–water partition coefficient (Wildman–Crippen LogP) is 1.07. The molecule has 0 bridgehead atoms. The highest BCUT2D eigenvalue weighted by atomic mass is 19.4. The summed E-state index contributed by atoms with van der Waals surface area (Å²) >= 11 is 0. The van der Waals surface area contributed by atoms with Crippen molar-refractivity contribution in [3.63, 3.8) is 0 Å². The smallest absolute Gasteiger partial charge is 0.340 e. The molecule has 108 valence electrons. The Kier molecular flexibility index (Phi) is 6.09. The summed E-state index contributed by atoms with van der Waals surface area (Å²) < 4.78 is 38.1. The number of carbonyl (C=O) groups is 1. The van der Waals surface area contributed by atoms with Crippen LogP contribution >= 0.6 is 0 Å². The Hall–Kier alpha value is -0.820. The van der Waals surface area contributed by atoms with E-state index >= 15 is 0 Å². The Morgan fingerprint density at radius 2 is 1.67 bits per heavy atom. The number of nitrogens with two attached hydrogens (primary N) is 1. The molecular weight excluding hydrogens is 247 g/mol. The molecule has 0 radical (unpaired) electrons. The van der Waals surface area contributed by atoms with Crippen molar-refractivity contribution >= 4 is 5.91 Å². The lowest BCUT2D eigenvalue weighted by Crippen LogP contribution is -2.62. The molecule has 7 heteroatoms. The van der Waals surface area contributed by atoms with Gasteiger partial charge in [-0.2, -0.15) is 13.2 Å². The molecule has 0 aromatic rings. The zero-order valence-corrected chi connectivity index (χ0v) is 11.3. The molecule has 4 nitrogen and oxygen atoms in total. The number of nitrogens with zero attached hydrogens (tertiary/aromatic N) is 2. The third-order valence-electron chi connectivity index (χ3n) is 2.63. The number of rotatable bonds is 6. The van der Waals surface area contributed by atoms with Crippen LogP contribution in [0.1, 0.15) is 20.3 Å². The molecule has 2 N–H and O–H groups in total. The van der Waals surface area contributed by atoms with Crippen LogP contribution in [-0.2, 0) is 4.79 Å². The van der Waals surface area contributed by atoms with Gasteiger partial charge in [-0.1, -0.05) is 6.92 Å². The van der Waals surface area contributed by atoms with Crippen LogP contribution in [-0.4, -0.2) is 61.2 Å². The van der Waals surface area contributed by atoms with Crippen LogP contribution in [0.3, 0.4) is 0 Å². The molecule has 0 aliphatic rings. The Morgan fingerprint density at radius 1 is 1.17 bits per heavy atom. The number of hydrogen-bond acceptors (Lipinski definition) is 3. The highest BCUT2D eigenvalue weighted by Gasteiger charge is 2.55. The summed E-state index contributed by atoms with van der Waals surface area (Å²) in [6.45, 7) is 3.53. The summed E-state index contributed by atoms with van der Waals surface area (Å²) in [6.07, 6.45) is -4.15. The zero-order valence-electron chi connectivity index (χ0n) is 11.3. The molecule has 0 aliphatic heterocycles. The minimum Gasteiger partial charge on any atom is -0.340 e. The molecule has 1 unspecified atom stereocenters. The van der Waals surface area contributed by atoms with Crippen LogP contribution in [0.2, 0.25) is 0 Å². The van der Waals surface area contributed by atoms with Gasteiger partial charge in [0.15, 0.2) is 5.54 Å². The van der Waals surface area contributed by atoms with E-state index in [-0.39, 0.29) is 13.1 Å². The van der Waals surface area contributed by atoms with Crippen molar-refractivity contribution in [2.45, 2.75) is 32.0 Å². The Labute approximate surface area is 106 Å². The van der Waals surface area contributed by atoms with Crippen molar-refractivity contribution in [1.29, 1.82) is 0 Å². The lowest BCUT2D eigenvalue weighted by atomic mass is 10.0. The monoisotopic (exact) mass is 269 g/mol. The maximum absolute atomic E-state index is 12.7. The molecule has 0 aliphatic carbocycles. The minimum atomic E-state index is -4.74. The molecule has 0 heterocycles. The molecule has 0 fully saturated rings. The van der Waals surface area contributed by atoms with Gasteiger partial charge in [-0.15, -0.1) is 0 Å². The highest BCUT2D eigenvalue weighted by Crippen LogP contribution is 2.29. The van der Waals surface area contributed by atoms with Crippen LogP contribution in [0.4, 0.5) is 13.2 Å². The average molecular weight is 269 g/mol. The van der Waals surface area contributed by atoms with Crippen LogP contribution in [0.25, 0.3) is 0 Å². The zero-order chi connectivity index (χ0) is 14.6. The number of amides is 1. The standard InChI is InChI=1S/C11H22F3N3O/c1-5-6-17(8-7-16(3)4)9(18)10(2,15)11(12,13)14/h5-8,15H2,1-4H3. The summed E-state index contributed by atoms with van der Waals surface area (Å²) in [5, 5.41) is 0. The van der Waals surface area contributed by atoms with E-state index in [1.54, 1.807) is 25.9 Å². The fraction of sp³-hybridized carbons (Fsp3) is 0.909. The van der Waals surface area contributed by atoms with E-state index in [1.165, 1.54) is 4.90 Å². The van der Waals surface area contributed by atoms with Gasteiger partial charge in [-0.3, -0.25) is 4.79 Å². The Bertz CT molecular complexity index is 277. The van der Waals surface area contributed by atoms with E-state index in [9.17, 15) is 18.0 Å². The van der Waals surface area contributed by atoms with Crippen molar-refractivity contribution in [2.24, 2.45) is 5.73 Å². The van der Waals surface area contributed by atoms with Crippen LogP contribution in [0.15, 0.2) is 0 Å². The van der Waals surface area contributed by atoms with Gasteiger partial charge in [0, 0.05) is 19.6 Å². The van der Waals surface area contributed by atoms with Gasteiger partial charge in [0.1, 0.15) is 0 Å². The number of carbonyl (C=O) groups excluding carboxylic acids is 1. The minimum absolute atomic E-state index is 0.239. The third-order valence-corrected chi connectivity index (χ3v) is 2.63. The molecule has 0 aromatic carbocycles. The number of alkyl halides is 3. The quantitative estimate of drug-likeness (QED) is 0.784. The summed E-state index contributed by atoms with van der Waals surface area (Å²) in [4.78, 5) is 14.9. The predicted molar refractivity (Wildman–Crippen MR) is 64.1 cm³/mol. The molecule has 0 saturated carbocycles. The van der Waals surface area contributed by atoms with Gasteiger partial charge in [0.2, 0.25) is 0 Å².